The van der Waals surface area contributed by atoms with Crippen molar-refractivity contribution in [3.63, 3.8) is 0 Å². The maximum atomic E-state index is 13.0. The fraction of sp³-hybridized carbons (Fsp3) is 0.235. The molecule has 0 amide bonds. The van der Waals surface area contributed by atoms with Gasteiger partial charge >= 0.3 is 5.97 Å². The van der Waals surface area contributed by atoms with Crippen molar-refractivity contribution in [3.05, 3.63) is 64.1 Å². The van der Waals surface area contributed by atoms with Gasteiger partial charge in [-0.25, -0.2) is 8.42 Å². The van der Waals surface area contributed by atoms with Gasteiger partial charge in [0.15, 0.2) is 0 Å². The Kier molecular flexibility index (Phi) is 6.84. The van der Waals surface area contributed by atoms with Crippen molar-refractivity contribution < 1.29 is 18.3 Å². The molecule has 0 aliphatic rings. The predicted molar refractivity (Wildman–Crippen MR) is 97.4 cm³/mol. The lowest BCUT2D eigenvalue weighted by Gasteiger charge is -2.22. The summed E-state index contributed by atoms with van der Waals surface area (Å²) in [6.45, 7) is 0.229. The second-order valence-corrected chi connectivity index (χ2v) is 8.15. The summed E-state index contributed by atoms with van der Waals surface area (Å²) in [7, 11) is -3.84. The Bertz CT molecular complexity index is 841. The van der Waals surface area contributed by atoms with Gasteiger partial charge in [-0.05, 0) is 30.2 Å². The van der Waals surface area contributed by atoms with Crippen molar-refractivity contribution in [1.29, 1.82) is 0 Å². The number of carboxylic acids is 1. The van der Waals surface area contributed by atoms with Gasteiger partial charge in [-0.3, -0.25) is 4.79 Å². The average molecular weight is 402 g/mol. The Morgan fingerprint density at radius 1 is 1.04 bits per heavy atom. The molecule has 0 atom stereocenters. The number of sulfonamides is 1. The Morgan fingerprint density at radius 2 is 1.72 bits per heavy atom. The van der Waals surface area contributed by atoms with E-state index >= 15 is 0 Å². The Balaban J connectivity index is 2.30. The molecule has 2 aromatic carbocycles. The first-order valence-electron chi connectivity index (χ1n) is 7.51. The number of benzene rings is 2. The van der Waals surface area contributed by atoms with E-state index in [1.54, 1.807) is 0 Å². The first-order chi connectivity index (χ1) is 11.8. The Morgan fingerprint density at radius 3 is 2.32 bits per heavy atom. The molecule has 0 radical (unpaired) electrons. The van der Waals surface area contributed by atoms with Crippen LogP contribution in [0.5, 0.6) is 0 Å². The molecule has 2 aromatic rings. The molecule has 25 heavy (non-hydrogen) atoms. The highest BCUT2D eigenvalue weighted by atomic mass is 35.5. The van der Waals surface area contributed by atoms with Gasteiger partial charge in [0.25, 0.3) is 0 Å². The molecule has 2 rings (SSSR count). The lowest BCUT2D eigenvalue weighted by Crippen LogP contribution is -2.32. The second kappa shape index (κ2) is 8.67. The van der Waals surface area contributed by atoms with Gasteiger partial charge in [-0.1, -0.05) is 53.5 Å². The van der Waals surface area contributed by atoms with Gasteiger partial charge in [-0.2, -0.15) is 4.31 Å². The number of rotatable bonds is 8. The van der Waals surface area contributed by atoms with E-state index < -0.39 is 16.0 Å². The van der Waals surface area contributed by atoms with Crippen LogP contribution in [-0.4, -0.2) is 30.3 Å². The molecule has 0 saturated carbocycles. The van der Waals surface area contributed by atoms with Crippen LogP contribution >= 0.6 is 23.2 Å². The van der Waals surface area contributed by atoms with Gasteiger partial charge in [0.1, 0.15) is 0 Å². The summed E-state index contributed by atoms with van der Waals surface area (Å²) < 4.78 is 27.2. The van der Waals surface area contributed by atoms with Crippen molar-refractivity contribution in [1.82, 2.24) is 4.31 Å². The number of hydrogen-bond donors (Lipinski definition) is 1. The van der Waals surface area contributed by atoms with Crippen molar-refractivity contribution in [2.75, 3.05) is 6.54 Å². The van der Waals surface area contributed by atoms with Crippen molar-refractivity contribution in [2.24, 2.45) is 0 Å². The highest BCUT2D eigenvalue weighted by Crippen LogP contribution is 2.27. The lowest BCUT2D eigenvalue weighted by molar-refractivity contribution is -0.137. The standard InChI is InChI=1S/C17H17Cl2NO4S/c18-15-9-8-14(11-16(15)19)25(23,24)20(10-4-7-17(21)22)12-13-5-2-1-3-6-13/h1-3,5-6,8-9,11H,4,7,10,12H2,(H,21,22). The summed E-state index contributed by atoms with van der Waals surface area (Å²) >= 11 is 11.8. The van der Waals surface area contributed by atoms with Crippen LogP contribution < -0.4 is 0 Å². The monoisotopic (exact) mass is 401 g/mol. The molecule has 0 bridgehead atoms. The minimum atomic E-state index is -3.84. The molecule has 0 heterocycles. The Labute approximate surface area is 156 Å². The summed E-state index contributed by atoms with van der Waals surface area (Å²) in [5, 5.41) is 9.21. The second-order valence-electron chi connectivity index (χ2n) is 5.40. The number of hydrogen-bond acceptors (Lipinski definition) is 3. The van der Waals surface area contributed by atoms with Gasteiger partial charge in [0, 0.05) is 19.5 Å². The quantitative estimate of drug-likeness (QED) is 0.723. The first kappa shape index (κ1) is 19.7. The van der Waals surface area contributed by atoms with Crippen LogP contribution in [0.25, 0.3) is 0 Å². The van der Waals surface area contributed by atoms with E-state index in [0.717, 1.165) is 5.56 Å². The zero-order chi connectivity index (χ0) is 18.4. The van der Waals surface area contributed by atoms with E-state index in [4.69, 9.17) is 28.3 Å². The van der Waals surface area contributed by atoms with Crippen LogP contribution in [0.3, 0.4) is 0 Å². The van der Waals surface area contributed by atoms with Crippen LogP contribution in [-0.2, 0) is 21.4 Å². The van der Waals surface area contributed by atoms with E-state index in [1.807, 2.05) is 30.3 Å². The highest BCUT2D eigenvalue weighted by molar-refractivity contribution is 7.89. The molecule has 0 aliphatic heterocycles. The van der Waals surface area contributed by atoms with Crippen LogP contribution in [0.1, 0.15) is 18.4 Å². The average Bonchev–Trinajstić information content (AvgIpc) is 2.57. The van der Waals surface area contributed by atoms with Crippen molar-refractivity contribution in [2.45, 2.75) is 24.3 Å². The molecular formula is C17H17Cl2NO4S. The summed E-state index contributed by atoms with van der Waals surface area (Å²) in [5.74, 6) is -0.966. The molecule has 1 N–H and O–H groups in total. The minimum Gasteiger partial charge on any atom is -0.481 e. The highest BCUT2D eigenvalue weighted by Gasteiger charge is 2.25. The van der Waals surface area contributed by atoms with Crippen molar-refractivity contribution in [3.8, 4) is 0 Å². The van der Waals surface area contributed by atoms with E-state index in [0.29, 0.717) is 0 Å². The van der Waals surface area contributed by atoms with Crippen LogP contribution in [0, 0.1) is 0 Å². The fourth-order valence-corrected chi connectivity index (χ4v) is 4.12. The zero-order valence-electron chi connectivity index (χ0n) is 13.2. The molecule has 0 saturated heterocycles. The Hall–Kier alpha value is -1.60. The summed E-state index contributed by atoms with van der Waals surface area (Å²) in [4.78, 5) is 10.8. The number of nitrogens with zero attached hydrogens (tertiary/aromatic N) is 1. The van der Waals surface area contributed by atoms with Crippen LogP contribution in [0.15, 0.2) is 53.4 Å². The van der Waals surface area contributed by atoms with E-state index in [9.17, 15) is 13.2 Å². The maximum absolute atomic E-state index is 13.0. The lowest BCUT2D eigenvalue weighted by atomic mass is 10.2. The third-order valence-corrected chi connectivity index (χ3v) is 6.11. The van der Waals surface area contributed by atoms with Crippen molar-refractivity contribution >= 4 is 39.2 Å². The molecule has 0 unspecified atom stereocenters. The van der Waals surface area contributed by atoms with E-state index in [1.165, 1.54) is 22.5 Å². The van der Waals surface area contributed by atoms with Gasteiger partial charge in [-0.15, -0.1) is 0 Å². The third kappa shape index (κ3) is 5.44. The third-order valence-electron chi connectivity index (χ3n) is 3.53. The molecule has 0 fully saturated rings. The SMILES string of the molecule is O=C(O)CCCN(Cc1ccccc1)S(=O)(=O)c1ccc(Cl)c(Cl)c1. The van der Waals surface area contributed by atoms with Gasteiger partial charge in [0.05, 0.1) is 14.9 Å². The van der Waals surface area contributed by atoms with E-state index in [2.05, 4.69) is 0 Å². The maximum Gasteiger partial charge on any atom is 0.303 e. The van der Waals surface area contributed by atoms with Crippen LogP contribution in [0.4, 0.5) is 0 Å². The van der Waals surface area contributed by atoms with Gasteiger partial charge in [0.2, 0.25) is 10.0 Å². The number of halogens is 2. The number of aliphatic carboxylic acids is 1. The summed E-state index contributed by atoms with van der Waals surface area (Å²) in [6.07, 6.45) is 0.102. The fourth-order valence-electron chi connectivity index (χ4n) is 2.26. The topological polar surface area (TPSA) is 74.7 Å². The molecule has 0 spiro atoms. The molecular weight excluding hydrogens is 385 g/mol. The molecule has 5 nitrogen and oxygen atoms in total. The molecule has 0 aromatic heterocycles. The molecule has 0 aliphatic carbocycles. The van der Waals surface area contributed by atoms with Crippen LogP contribution in [0.2, 0.25) is 10.0 Å². The smallest absolute Gasteiger partial charge is 0.303 e. The van der Waals surface area contributed by atoms with Gasteiger partial charge < -0.3 is 5.11 Å². The minimum absolute atomic E-state index is 0.0214. The normalized spacial score (nSPS) is 11.6. The first-order valence-corrected chi connectivity index (χ1v) is 9.71. The number of carboxylic acid groups (broad SMARTS) is 1. The zero-order valence-corrected chi connectivity index (χ0v) is 15.6. The number of carbonyl (C=O) groups is 1. The predicted octanol–water partition coefficient (Wildman–Crippen LogP) is 4.05. The summed E-state index contributed by atoms with van der Waals surface area (Å²) in [5.41, 5.74) is 0.807. The molecule has 134 valence electrons. The largest absolute Gasteiger partial charge is 0.481 e. The summed E-state index contributed by atoms with van der Waals surface area (Å²) in [6, 6.07) is 13.2. The molecule has 8 heteroatoms. The van der Waals surface area contributed by atoms with E-state index in [-0.39, 0.29) is 40.9 Å².